The maximum atomic E-state index is 13.9. The molecule has 9 heteroatoms. The van der Waals surface area contributed by atoms with Crippen molar-refractivity contribution in [2.24, 2.45) is 0 Å². The predicted molar refractivity (Wildman–Crippen MR) is 166 cm³/mol. The topological polar surface area (TPSA) is 114 Å². The van der Waals surface area contributed by atoms with Gasteiger partial charge in [0.25, 0.3) is 5.56 Å². The van der Waals surface area contributed by atoms with Crippen LogP contribution in [0.5, 0.6) is 17.2 Å². The van der Waals surface area contributed by atoms with Crippen molar-refractivity contribution in [3.05, 3.63) is 116 Å². The predicted octanol–water partition coefficient (Wildman–Crippen LogP) is 4.73. The number of aromatic amines is 1. The summed E-state index contributed by atoms with van der Waals surface area (Å²) in [7, 11) is 0. The third-order valence-electron chi connectivity index (χ3n) is 8.22. The monoisotopic (exact) mass is 592 g/mol. The van der Waals surface area contributed by atoms with Gasteiger partial charge in [-0.2, -0.15) is 0 Å². The van der Waals surface area contributed by atoms with Gasteiger partial charge in [-0.05, 0) is 91.8 Å². The molecule has 226 valence electrons. The maximum Gasteiger partial charge on any atom is 0.254 e. The lowest BCUT2D eigenvalue weighted by Gasteiger charge is -2.38. The van der Waals surface area contributed by atoms with Crippen LogP contribution in [0.2, 0.25) is 0 Å². The molecule has 5 aliphatic rings. The molecule has 8 bridgehead atoms. The molecule has 0 radical (unpaired) electrons. The molecule has 4 aromatic rings. The van der Waals surface area contributed by atoms with Gasteiger partial charge in [-0.1, -0.05) is 30.3 Å². The lowest BCUT2D eigenvalue weighted by atomic mass is 9.87. The highest BCUT2D eigenvalue weighted by molar-refractivity contribution is 5.80. The molecule has 2 amide bonds. The first-order chi connectivity index (χ1) is 21.3. The summed E-state index contributed by atoms with van der Waals surface area (Å²) >= 11 is 0. The van der Waals surface area contributed by atoms with Gasteiger partial charge in [0, 0.05) is 30.8 Å². The molecular weight excluding hydrogens is 556 g/mol. The molecule has 0 aliphatic carbocycles. The fourth-order valence-electron chi connectivity index (χ4n) is 5.98. The molecule has 5 aliphatic heterocycles. The molecular formula is C35H36N4O5. The number of benzene rings is 3. The van der Waals surface area contributed by atoms with E-state index in [0.717, 1.165) is 22.3 Å². The zero-order valence-electron chi connectivity index (χ0n) is 25.0. The summed E-state index contributed by atoms with van der Waals surface area (Å²) in [6.45, 7) is 4.94. The molecule has 1 atom stereocenters. The molecule has 3 aromatic carbocycles. The normalized spacial score (nSPS) is 16.8. The molecule has 1 aromatic heterocycles. The number of carbonyl (C=O) groups excluding carboxylic acids is 2. The fourth-order valence-corrected chi connectivity index (χ4v) is 5.98. The minimum atomic E-state index is -0.380. The number of ether oxygens (including phenoxy) is 2. The SMILES string of the molecule is Cc1nc(C)c(CC(=O)N2CCc3cc4ccc3C2c2cccc(c2)OCCCNC(=O)CCc2ccc(cc2)O4)c(=O)[nH]1. The van der Waals surface area contributed by atoms with E-state index in [1.807, 2.05) is 71.6 Å². The van der Waals surface area contributed by atoms with E-state index >= 15 is 0 Å². The molecule has 44 heavy (non-hydrogen) atoms. The Balaban J connectivity index is 1.36. The number of hydrogen-bond acceptors (Lipinski definition) is 6. The van der Waals surface area contributed by atoms with Gasteiger partial charge in [0.1, 0.15) is 23.1 Å². The van der Waals surface area contributed by atoms with Gasteiger partial charge < -0.3 is 24.7 Å². The van der Waals surface area contributed by atoms with Crippen molar-refractivity contribution >= 4 is 11.8 Å². The van der Waals surface area contributed by atoms with Crippen LogP contribution in [0.1, 0.15) is 58.2 Å². The average molecular weight is 593 g/mol. The van der Waals surface area contributed by atoms with E-state index in [1.165, 1.54) is 0 Å². The Kier molecular flexibility index (Phi) is 8.45. The molecule has 1 unspecified atom stereocenters. The quantitative estimate of drug-likeness (QED) is 0.348. The first kappa shape index (κ1) is 29.2. The summed E-state index contributed by atoms with van der Waals surface area (Å²) in [5.41, 5.74) is 4.74. The minimum absolute atomic E-state index is 0.00944. The third-order valence-corrected chi connectivity index (χ3v) is 8.22. The zero-order valence-corrected chi connectivity index (χ0v) is 25.0. The third kappa shape index (κ3) is 6.51. The second-order valence-electron chi connectivity index (χ2n) is 11.4. The van der Waals surface area contributed by atoms with Gasteiger partial charge in [-0.3, -0.25) is 14.4 Å². The van der Waals surface area contributed by atoms with Gasteiger partial charge in [0.05, 0.1) is 19.1 Å². The molecule has 9 nitrogen and oxygen atoms in total. The first-order valence-electron chi connectivity index (χ1n) is 15.1. The number of aromatic nitrogens is 2. The molecule has 9 rings (SSSR count). The standard InChI is InChI=1S/C35H36N4O5/c1-22-31(35(42)38-23(2)37-22)21-33(41)39-17-15-25-19-29-12-13-30(25)34(39)26-5-3-6-28(20-26)43-18-4-16-36-32(40)14-9-24-7-10-27(44-29)11-8-24/h3,5-8,10-13,19-20,34H,4,9,14-18,21H2,1-2H3,(H,36,40)(H,37,38,42). The summed E-state index contributed by atoms with van der Waals surface area (Å²) in [4.78, 5) is 48.0. The van der Waals surface area contributed by atoms with E-state index < -0.39 is 0 Å². The van der Waals surface area contributed by atoms with Crippen LogP contribution in [0.25, 0.3) is 0 Å². The van der Waals surface area contributed by atoms with Crippen LogP contribution in [-0.4, -0.2) is 46.4 Å². The zero-order chi connectivity index (χ0) is 30.6. The van der Waals surface area contributed by atoms with E-state index in [-0.39, 0.29) is 29.8 Å². The lowest BCUT2D eigenvalue weighted by molar-refractivity contribution is -0.132. The van der Waals surface area contributed by atoms with Crippen LogP contribution in [-0.2, 0) is 28.9 Å². The Labute approximate surface area is 256 Å². The number of nitrogens with one attached hydrogen (secondary N) is 2. The van der Waals surface area contributed by atoms with E-state index in [0.29, 0.717) is 79.7 Å². The van der Waals surface area contributed by atoms with Crippen LogP contribution in [0.15, 0.2) is 71.5 Å². The second-order valence-corrected chi connectivity index (χ2v) is 11.4. The molecule has 0 spiro atoms. The smallest absolute Gasteiger partial charge is 0.254 e. The van der Waals surface area contributed by atoms with Crippen LogP contribution < -0.4 is 20.3 Å². The van der Waals surface area contributed by atoms with Crippen molar-refractivity contribution in [1.29, 1.82) is 0 Å². The number of carbonyl (C=O) groups is 2. The molecule has 2 N–H and O–H groups in total. The van der Waals surface area contributed by atoms with Gasteiger partial charge >= 0.3 is 0 Å². The van der Waals surface area contributed by atoms with Crippen molar-refractivity contribution in [3.63, 3.8) is 0 Å². The number of H-pyrrole nitrogens is 1. The van der Waals surface area contributed by atoms with Gasteiger partial charge in [0.2, 0.25) is 11.8 Å². The van der Waals surface area contributed by atoms with Crippen molar-refractivity contribution in [2.45, 2.75) is 52.0 Å². The van der Waals surface area contributed by atoms with Gasteiger partial charge in [0.15, 0.2) is 0 Å². The summed E-state index contributed by atoms with van der Waals surface area (Å²) in [5.74, 6) is 2.50. The first-order valence-corrected chi connectivity index (χ1v) is 15.1. The highest BCUT2D eigenvalue weighted by atomic mass is 16.5. The Morgan fingerprint density at radius 1 is 0.955 bits per heavy atom. The Bertz CT molecular complexity index is 1750. The van der Waals surface area contributed by atoms with Crippen molar-refractivity contribution in [1.82, 2.24) is 20.2 Å². The molecule has 0 fully saturated rings. The van der Waals surface area contributed by atoms with Crippen LogP contribution in [0.3, 0.4) is 0 Å². The van der Waals surface area contributed by atoms with Gasteiger partial charge in [-0.15, -0.1) is 0 Å². The summed E-state index contributed by atoms with van der Waals surface area (Å²) < 4.78 is 12.3. The van der Waals surface area contributed by atoms with Crippen LogP contribution >= 0.6 is 0 Å². The Morgan fingerprint density at radius 2 is 1.77 bits per heavy atom. The van der Waals surface area contributed by atoms with E-state index in [9.17, 15) is 14.4 Å². The van der Waals surface area contributed by atoms with Crippen LogP contribution in [0, 0.1) is 13.8 Å². The average Bonchev–Trinajstić information content (AvgIpc) is 3.01. The largest absolute Gasteiger partial charge is 0.494 e. The Hall–Kier alpha value is -4.92. The number of nitrogens with zero attached hydrogens (tertiary/aromatic N) is 2. The molecule has 6 heterocycles. The van der Waals surface area contributed by atoms with Crippen molar-refractivity contribution in [3.8, 4) is 17.2 Å². The Morgan fingerprint density at radius 3 is 2.59 bits per heavy atom. The van der Waals surface area contributed by atoms with E-state index in [4.69, 9.17) is 9.47 Å². The number of aryl methyl sites for hydroxylation is 3. The number of amides is 2. The highest BCUT2D eigenvalue weighted by Gasteiger charge is 2.33. The van der Waals surface area contributed by atoms with E-state index in [2.05, 4.69) is 15.3 Å². The minimum Gasteiger partial charge on any atom is -0.494 e. The molecule has 0 saturated heterocycles. The van der Waals surface area contributed by atoms with Crippen LogP contribution in [0.4, 0.5) is 0 Å². The second kappa shape index (κ2) is 12.8. The van der Waals surface area contributed by atoms with E-state index in [1.54, 1.807) is 13.8 Å². The summed E-state index contributed by atoms with van der Waals surface area (Å²) in [6.07, 6.45) is 2.34. The highest BCUT2D eigenvalue weighted by Crippen LogP contribution is 2.39. The van der Waals surface area contributed by atoms with Crippen molar-refractivity contribution in [2.75, 3.05) is 19.7 Å². The fraction of sp³-hybridized carbons (Fsp3) is 0.314. The lowest BCUT2D eigenvalue weighted by Crippen LogP contribution is -2.42. The maximum absolute atomic E-state index is 13.9. The summed E-state index contributed by atoms with van der Waals surface area (Å²) in [6, 6.07) is 21.2. The summed E-state index contributed by atoms with van der Waals surface area (Å²) in [5, 5.41) is 2.97. The number of hydrogen-bond donors (Lipinski definition) is 2. The van der Waals surface area contributed by atoms with Gasteiger partial charge in [-0.25, -0.2) is 4.98 Å². The van der Waals surface area contributed by atoms with Crippen molar-refractivity contribution < 1.29 is 19.1 Å². The number of rotatable bonds is 2. The molecule has 0 saturated carbocycles.